The Morgan fingerprint density at radius 2 is 1.56 bits per heavy atom. The maximum absolute atomic E-state index is 10.5. The minimum absolute atomic E-state index is 0.721. The second kappa shape index (κ2) is 5.82. The third kappa shape index (κ3) is 3.32. The van der Waals surface area contributed by atoms with Crippen LogP contribution in [0.5, 0.6) is 0 Å². The number of carbonyl (C=O) groups is 1. The van der Waals surface area contributed by atoms with Crippen LogP contribution in [0.3, 0.4) is 0 Å². The van der Waals surface area contributed by atoms with Crippen LogP contribution in [0, 0.1) is 0 Å². The highest BCUT2D eigenvalue weighted by molar-refractivity contribution is 5.81. The van der Waals surface area contributed by atoms with E-state index in [9.17, 15) is 4.79 Å². The van der Waals surface area contributed by atoms with Crippen LogP contribution in [0.15, 0.2) is 60.2 Å². The summed E-state index contributed by atoms with van der Waals surface area (Å²) in [5, 5.41) is 3.31. The molecule has 0 atom stereocenters. The SMILES string of the molecule is C/C(C=O)=C\c1ccc(Nc2ccccc2)cc1. The maximum atomic E-state index is 10.5. The molecule has 2 nitrogen and oxygen atoms in total. The number of carbonyl (C=O) groups excluding carboxylic acids is 1. The summed E-state index contributed by atoms with van der Waals surface area (Å²) in [7, 11) is 0. The van der Waals surface area contributed by atoms with Gasteiger partial charge in [0.05, 0.1) is 0 Å². The van der Waals surface area contributed by atoms with E-state index in [-0.39, 0.29) is 0 Å². The van der Waals surface area contributed by atoms with E-state index in [4.69, 9.17) is 0 Å². The predicted molar refractivity (Wildman–Crippen MR) is 75.9 cm³/mol. The Balaban J connectivity index is 2.11. The Kier molecular flexibility index (Phi) is 3.92. The number of rotatable bonds is 4. The number of anilines is 2. The van der Waals surface area contributed by atoms with E-state index < -0.39 is 0 Å². The van der Waals surface area contributed by atoms with Crippen LogP contribution in [0.4, 0.5) is 11.4 Å². The zero-order chi connectivity index (χ0) is 12.8. The number of nitrogens with one attached hydrogen (secondary N) is 1. The van der Waals surface area contributed by atoms with Gasteiger partial charge in [0.25, 0.3) is 0 Å². The van der Waals surface area contributed by atoms with Gasteiger partial charge in [-0.2, -0.15) is 0 Å². The summed E-state index contributed by atoms with van der Waals surface area (Å²) in [4.78, 5) is 10.5. The molecular weight excluding hydrogens is 222 g/mol. The molecule has 0 aliphatic heterocycles. The summed E-state index contributed by atoms with van der Waals surface area (Å²) in [5.41, 5.74) is 3.84. The molecule has 90 valence electrons. The second-order valence-electron chi connectivity index (χ2n) is 4.12. The van der Waals surface area contributed by atoms with Crippen LogP contribution in [0.25, 0.3) is 6.08 Å². The Morgan fingerprint density at radius 3 is 2.17 bits per heavy atom. The van der Waals surface area contributed by atoms with Crippen molar-refractivity contribution >= 4 is 23.7 Å². The predicted octanol–water partition coefficient (Wildman–Crippen LogP) is 4.03. The Labute approximate surface area is 107 Å². The molecular formula is C16H15NO. The molecule has 0 heterocycles. The quantitative estimate of drug-likeness (QED) is 0.642. The van der Waals surface area contributed by atoms with Gasteiger partial charge in [0.2, 0.25) is 0 Å². The zero-order valence-corrected chi connectivity index (χ0v) is 10.3. The molecule has 0 aliphatic carbocycles. The first-order valence-electron chi connectivity index (χ1n) is 5.83. The lowest BCUT2D eigenvalue weighted by atomic mass is 10.1. The number of para-hydroxylation sites is 1. The maximum Gasteiger partial charge on any atom is 0.145 e. The Morgan fingerprint density at radius 1 is 0.944 bits per heavy atom. The average Bonchev–Trinajstić information content (AvgIpc) is 2.42. The van der Waals surface area contributed by atoms with Crippen molar-refractivity contribution in [1.29, 1.82) is 0 Å². The van der Waals surface area contributed by atoms with Crippen molar-refractivity contribution in [3.05, 3.63) is 65.7 Å². The monoisotopic (exact) mass is 237 g/mol. The van der Waals surface area contributed by atoms with E-state index >= 15 is 0 Å². The number of aldehydes is 1. The first-order valence-corrected chi connectivity index (χ1v) is 5.83. The summed E-state index contributed by atoms with van der Waals surface area (Å²) in [5.74, 6) is 0. The lowest BCUT2D eigenvalue weighted by molar-refractivity contribution is -0.104. The summed E-state index contributed by atoms with van der Waals surface area (Å²) < 4.78 is 0. The van der Waals surface area contributed by atoms with Crippen molar-refractivity contribution in [3.8, 4) is 0 Å². The van der Waals surface area contributed by atoms with E-state index in [1.807, 2.05) is 60.7 Å². The van der Waals surface area contributed by atoms with Crippen LogP contribution in [-0.4, -0.2) is 6.29 Å². The van der Waals surface area contributed by atoms with Crippen molar-refractivity contribution in [3.63, 3.8) is 0 Å². The molecule has 18 heavy (non-hydrogen) atoms. The smallest absolute Gasteiger partial charge is 0.145 e. The van der Waals surface area contributed by atoms with E-state index in [0.717, 1.165) is 28.8 Å². The molecule has 0 fully saturated rings. The van der Waals surface area contributed by atoms with Gasteiger partial charge >= 0.3 is 0 Å². The van der Waals surface area contributed by atoms with Crippen molar-refractivity contribution in [2.24, 2.45) is 0 Å². The van der Waals surface area contributed by atoms with E-state index in [0.29, 0.717) is 0 Å². The average molecular weight is 237 g/mol. The summed E-state index contributed by atoms with van der Waals surface area (Å²) >= 11 is 0. The van der Waals surface area contributed by atoms with E-state index in [2.05, 4.69) is 5.32 Å². The highest BCUT2D eigenvalue weighted by Crippen LogP contribution is 2.17. The summed E-state index contributed by atoms with van der Waals surface area (Å²) in [6.45, 7) is 1.79. The highest BCUT2D eigenvalue weighted by atomic mass is 16.1. The van der Waals surface area contributed by atoms with Crippen molar-refractivity contribution in [2.75, 3.05) is 5.32 Å². The molecule has 0 aliphatic rings. The molecule has 2 heteroatoms. The van der Waals surface area contributed by atoms with Gasteiger partial charge in [-0.05, 0) is 48.4 Å². The number of benzene rings is 2. The number of allylic oxidation sites excluding steroid dienone is 1. The van der Waals surface area contributed by atoms with Crippen molar-refractivity contribution in [1.82, 2.24) is 0 Å². The number of hydrogen-bond donors (Lipinski definition) is 1. The van der Waals surface area contributed by atoms with E-state index in [1.165, 1.54) is 0 Å². The highest BCUT2D eigenvalue weighted by Gasteiger charge is 1.94. The molecule has 0 radical (unpaired) electrons. The van der Waals surface area contributed by atoms with Gasteiger partial charge in [-0.3, -0.25) is 4.79 Å². The first kappa shape index (κ1) is 12.1. The van der Waals surface area contributed by atoms with Crippen LogP contribution in [0.1, 0.15) is 12.5 Å². The van der Waals surface area contributed by atoms with Gasteiger partial charge in [-0.15, -0.1) is 0 Å². The Bertz CT molecular complexity index is 541. The third-order valence-corrected chi connectivity index (χ3v) is 2.55. The molecule has 0 saturated heterocycles. The summed E-state index contributed by atoms with van der Waals surface area (Å²) in [6.07, 6.45) is 2.72. The molecule has 0 spiro atoms. The molecule has 0 unspecified atom stereocenters. The number of hydrogen-bond acceptors (Lipinski definition) is 2. The molecule has 0 saturated carbocycles. The van der Waals surface area contributed by atoms with Gasteiger partial charge in [0.1, 0.15) is 6.29 Å². The van der Waals surface area contributed by atoms with Crippen LogP contribution in [-0.2, 0) is 4.79 Å². The lowest BCUT2D eigenvalue weighted by Gasteiger charge is -2.06. The zero-order valence-electron chi connectivity index (χ0n) is 10.3. The molecule has 1 N–H and O–H groups in total. The van der Waals surface area contributed by atoms with Crippen LogP contribution >= 0.6 is 0 Å². The topological polar surface area (TPSA) is 29.1 Å². The van der Waals surface area contributed by atoms with Gasteiger partial charge in [-0.1, -0.05) is 30.3 Å². The van der Waals surface area contributed by atoms with Gasteiger partial charge in [-0.25, -0.2) is 0 Å². The molecule has 0 amide bonds. The van der Waals surface area contributed by atoms with E-state index in [1.54, 1.807) is 6.92 Å². The van der Waals surface area contributed by atoms with Gasteiger partial charge < -0.3 is 5.32 Å². The third-order valence-electron chi connectivity index (χ3n) is 2.55. The van der Waals surface area contributed by atoms with Crippen LogP contribution in [0.2, 0.25) is 0 Å². The minimum Gasteiger partial charge on any atom is -0.356 e. The standard InChI is InChI=1S/C16H15NO/c1-13(12-18)11-14-7-9-16(10-8-14)17-15-5-3-2-4-6-15/h2-12,17H,1H3/b13-11+. The molecule has 2 aromatic rings. The minimum atomic E-state index is 0.721. The molecule has 0 aromatic heterocycles. The normalized spacial score (nSPS) is 11.1. The lowest BCUT2D eigenvalue weighted by Crippen LogP contribution is -1.89. The van der Waals surface area contributed by atoms with Crippen molar-refractivity contribution < 1.29 is 4.79 Å². The molecule has 0 bridgehead atoms. The van der Waals surface area contributed by atoms with Gasteiger partial charge in [0, 0.05) is 11.4 Å². The fraction of sp³-hybridized carbons (Fsp3) is 0.0625. The first-order chi connectivity index (χ1) is 8.78. The van der Waals surface area contributed by atoms with Gasteiger partial charge in [0.15, 0.2) is 0 Å². The van der Waals surface area contributed by atoms with Crippen LogP contribution < -0.4 is 5.32 Å². The van der Waals surface area contributed by atoms with Crippen molar-refractivity contribution in [2.45, 2.75) is 6.92 Å². The molecule has 2 aromatic carbocycles. The fourth-order valence-electron chi connectivity index (χ4n) is 1.65. The summed E-state index contributed by atoms with van der Waals surface area (Å²) in [6, 6.07) is 18.0. The second-order valence-corrected chi connectivity index (χ2v) is 4.12. The molecule has 2 rings (SSSR count). The fourth-order valence-corrected chi connectivity index (χ4v) is 1.65. The Hall–Kier alpha value is -2.35. The largest absolute Gasteiger partial charge is 0.356 e.